The van der Waals surface area contributed by atoms with Crippen molar-refractivity contribution in [3.05, 3.63) is 47.4 Å². The number of carbonyl (C=O) groups excluding carboxylic acids is 1. The molecule has 2 atom stereocenters. The molecule has 0 radical (unpaired) electrons. The van der Waals surface area contributed by atoms with Crippen LogP contribution in [-0.2, 0) is 0 Å². The summed E-state index contributed by atoms with van der Waals surface area (Å²) >= 11 is 6.54. The number of hydrogen-bond acceptors (Lipinski definition) is 8. The smallest absolute Gasteiger partial charge is 0.254 e. The van der Waals surface area contributed by atoms with Crippen molar-refractivity contribution in [2.24, 2.45) is 11.5 Å². The van der Waals surface area contributed by atoms with E-state index in [1.165, 1.54) is 11.0 Å². The van der Waals surface area contributed by atoms with Gasteiger partial charge in [0.05, 0.1) is 23.1 Å². The third-order valence-electron chi connectivity index (χ3n) is 5.05. The van der Waals surface area contributed by atoms with Crippen molar-refractivity contribution >= 4 is 35.0 Å². The van der Waals surface area contributed by atoms with Crippen LogP contribution in [0.4, 0.5) is 17.5 Å². The van der Waals surface area contributed by atoms with Crippen LogP contribution in [0.15, 0.2) is 36.8 Å². The van der Waals surface area contributed by atoms with E-state index in [9.17, 15) is 4.79 Å². The fourth-order valence-electron chi connectivity index (χ4n) is 3.47. The van der Waals surface area contributed by atoms with Crippen LogP contribution < -0.4 is 22.1 Å². The number of hydrogen-bond donors (Lipinski definition) is 4. The minimum absolute atomic E-state index is 0.0299. The van der Waals surface area contributed by atoms with Crippen molar-refractivity contribution in [2.75, 3.05) is 10.6 Å². The minimum Gasteiger partial charge on any atom is -0.365 e. The number of rotatable bonds is 6. The van der Waals surface area contributed by atoms with Crippen LogP contribution in [0.5, 0.6) is 0 Å². The van der Waals surface area contributed by atoms with E-state index in [-0.39, 0.29) is 23.5 Å². The lowest BCUT2D eigenvalue weighted by Gasteiger charge is -2.29. The molecule has 0 unspecified atom stereocenters. The van der Waals surface area contributed by atoms with Crippen molar-refractivity contribution in [1.82, 2.24) is 25.0 Å². The van der Waals surface area contributed by atoms with E-state index in [4.69, 9.17) is 23.1 Å². The first kappa shape index (κ1) is 20.0. The molecule has 0 aliphatic heterocycles. The number of anilines is 3. The molecule has 30 heavy (non-hydrogen) atoms. The highest BCUT2D eigenvalue weighted by Crippen LogP contribution is 2.31. The van der Waals surface area contributed by atoms with Gasteiger partial charge in [-0.05, 0) is 25.0 Å². The van der Waals surface area contributed by atoms with Gasteiger partial charge in [0.15, 0.2) is 0 Å². The zero-order valence-corrected chi connectivity index (χ0v) is 16.9. The lowest BCUT2D eigenvalue weighted by atomic mass is 9.91. The number of aromatic nitrogens is 5. The molecule has 0 bridgehead atoms. The number of nitrogens with zero attached hydrogens (tertiary/aromatic N) is 5. The Hall–Kier alpha value is -3.24. The van der Waals surface area contributed by atoms with Crippen LogP contribution in [0, 0.1) is 0 Å². The van der Waals surface area contributed by atoms with Gasteiger partial charge in [-0.3, -0.25) is 4.79 Å². The molecule has 1 aliphatic rings. The summed E-state index contributed by atoms with van der Waals surface area (Å²) in [5, 5.41) is 14.9. The molecule has 156 valence electrons. The summed E-state index contributed by atoms with van der Waals surface area (Å²) < 4.78 is 0. The van der Waals surface area contributed by atoms with Gasteiger partial charge >= 0.3 is 0 Å². The first-order valence-corrected chi connectivity index (χ1v) is 10.0. The quantitative estimate of drug-likeness (QED) is 0.467. The molecule has 1 amide bonds. The van der Waals surface area contributed by atoms with E-state index in [1.54, 1.807) is 30.6 Å². The van der Waals surface area contributed by atoms with Crippen molar-refractivity contribution in [3.63, 3.8) is 0 Å². The van der Waals surface area contributed by atoms with Crippen molar-refractivity contribution in [1.29, 1.82) is 0 Å². The summed E-state index contributed by atoms with van der Waals surface area (Å²) in [4.78, 5) is 22.0. The Kier molecular flexibility index (Phi) is 5.77. The molecule has 11 heteroatoms. The molecule has 3 aromatic rings. The molecule has 1 saturated carbocycles. The van der Waals surface area contributed by atoms with Crippen LogP contribution >= 0.6 is 11.6 Å². The molecule has 1 aromatic carbocycles. The van der Waals surface area contributed by atoms with Gasteiger partial charge in [-0.1, -0.05) is 30.5 Å². The Bertz CT molecular complexity index is 1040. The minimum atomic E-state index is -0.653. The van der Waals surface area contributed by atoms with Gasteiger partial charge in [-0.15, -0.1) is 0 Å². The third-order valence-corrected chi connectivity index (χ3v) is 5.45. The summed E-state index contributed by atoms with van der Waals surface area (Å²) in [6, 6.07) is 5.43. The number of amides is 1. The highest BCUT2D eigenvalue weighted by atomic mass is 35.5. The molecule has 2 heterocycles. The van der Waals surface area contributed by atoms with Crippen molar-refractivity contribution < 1.29 is 4.79 Å². The molecule has 1 aliphatic carbocycles. The number of primary amides is 1. The van der Waals surface area contributed by atoms with Gasteiger partial charge < -0.3 is 22.1 Å². The predicted molar refractivity (Wildman–Crippen MR) is 114 cm³/mol. The molecule has 0 spiro atoms. The van der Waals surface area contributed by atoms with E-state index in [2.05, 4.69) is 30.8 Å². The van der Waals surface area contributed by atoms with Crippen molar-refractivity contribution in [2.45, 2.75) is 37.8 Å². The second-order valence-corrected chi connectivity index (χ2v) is 7.48. The largest absolute Gasteiger partial charge is 0.365 e. The van der Waals surface area contributed by atoms with Crippen molar-refractivity contribution in [3.8, 4) is 5.69 Å². The SMILES string of the molecule is NC(=O)c1cnc(N[C@@H]2CCCC[C@@H]2N)nc1Nc1cccc(-n2nccn2)c1Cl. The Labute approximate surface area is 178 Å². The molecule has 1 fully saturated rings. The third kappa shape index (κ3) is 4.19. The average Bonchev–Trinajstić information content (AvgIpc) is 3.26. The average molecular weight is 428 g/mol. The Morgan fingerprint density at radius 1 is 1.20 bits per heavy atom. The van der Waals surface area contributed by atoms with Crippen LogP contribution in [0.25, 0.3) is 5.69 Å². The number of carbonyl (C=O) groups is 1. The summed E-state index contributed by atoms with van der Waals surface area (Å²) in [5.74, 6) is -0.0397. The normalized spacial score (nSPS) is 18.7. The van der Waals surface area contributed by atoms with E-state index in [1.807, 2.05) is 0 Å². The van der Waals surface area contributed by atoms with E-state index in [0.717, 1.165) is 25.7 Å². The first-order chi connectivity index (χ1) is 14.5. The van der Waals surface area contributed by atoms with Gasteiger partial charge in [0.2, 0.25) is 5.95 Å². The maximum atomic E-state index is 11.9. The Balaban J connectivity index is 1.64. The zero-order chi connectivity index (χ0) is 21.1. The predicted octanol–water partition coefficient (Wildman–Crippen LogP) is 2.23. The molecule has 4 rings (SSSR count). The lowest BCUT2D eigenvalue weighted by molar-refractivity contribution is 0.100. The molecule has 2 aromatic heterocycles. The fourth-order valence-corrected chi connectivity index (χ4v) is 3.72. The Morgan fingerprint density at radius 3 is 2.70 bits per heavy atom. The van der Waals surface area contributed by atoms with Crippen LogP contribution in [0.3, 0.4) is 0 Å². The number of halogens is 1. The molecular weight excluding hydrogens is 406 g/mol. The zero-order valence-electron chi connectivity index (χ0n) is 16.1. The van der Waals surface area contributed by atoms with E-state index >= 15 is 0 Å². The van der Waals surface area contributed by atoms with Crippen LogP contribution in [0.1, 0.15) is 36.0 Å². The molecule has 10 nitrogen and oxygen atoms in total. The van der Waals surface area contributed by atoms with E-state index < -0.39 is 5.91 Å². The lowest BCUT2D eigenvalue weighted by Crippen LogP contribution is -2.43. The number of nitrogens with two attached hydrogens (primary N) is 2. The number of benzene rings is 1. The molecular formula is C19H22ClN9O. The number of nitrogens with one attached hydrogen (secondary N) is 2. The topological polar surface area (TPSA) is 150 Å². The highest BCUT2D eigenvalue weighted by Gasteiger charge is 2.23. The highest BCUT2D eigenvalue weighted by molar-refractivity contribution is 6.35. The van der Waals surface area contributed by atoms with Gasteiger partial charge in [-0.2, -0.15) is 20.0 Å². The van der Waals surface area contributed by atoms with Crippen LogP contribution in [-0.4, -0.2) is 43.0 Å². The monoisotopic (exact) mass is 427 g/mol. The van der Waals surface area contributed by atoms with Gasteiger partial charge in [0.25, 0.3) is 5.91 Å². The second kappa shape index (κ2) is 8.64. The van der Waals surface area contributed by atoms with Gasteiger partial charge in [0, 0.05) is 18.3 Å². The second-order valence-electron chi connectivity index (χ2n) is 7.10. The van der Waals surface area contributed by atoms with Crippen LogP contribution in [0.2, 0.25) is 5.02 Å². The molecule has 6 N–H and O–H groups in total. The maximum absolute atomic E-state index is 11.9. The summed E-state index contributed by atoms with van der Waals surface area (Å²) in [5.41, 5.74) is 13.0. The van der Waals surface area contributed by atoms with Gasteiger partial charge in [-0.25, -0.2) is 4.98 Å². The fraction of sp³-hybridized carbons (Fsp3) is 0.316. The Morgan fingerprint density at radius 2 is 1.97 bits per heavy atom. The first-order valence-electron chi connectivity index (χ1n) is 9.64. The summed E-state index contributed by atoms with van der Waals surface area (Å²) in [6.45, 7) is 0. The molecule has 0 saturated heterocycles. The summed E-state index contributed by atoms with van der Waals surface area (Å²) in [7, 11) is 0. The maximum Gasteiger partial charge on any atom is 0.254 e. The van der Waals surface area contributed by atoms with E-state index in [0.29, 0.717) is 22.3 Å². The van der Waals surface area contributed by atoms with Gasteiger partial charge in [0.1, 0.15) is 17.1 Å². The standard InChI is InChI=1S/C19H22ClN9O/c20-16-14(6-3-7-15(16)29-24-8-9-25-29)26-18-11(17(22)30)10-23-19(28-18)27-13-5-2-1-4-12(13)21/h3,6-10,12-13H,1-2,4-5,21H2,(H2,22,30)(H2,23,26,27,28)/t12-,13+/m0/s1. The summed E-state index contributed by atoms with van der Waals surface area (Å²) in [6.07, 6.45) is 8.61.